The summed E-state index contributed by atoms with van der Waals surface area (Å²) in [7, 11) is 0. The third-order valence-electron chi connectivity index (χ3n) is 3.59. The lowest BCUT2D eigenvalue weighted by molar-refractivity contribution is 0.0644. The molecule has 1 saturated heterocycles. The Kier molecular flexibility index (Phi) is 4.26. The summed E-state index contributed by atoms with van der Waals surface area (Å²) in [5.74, 6) is 1.66. The quantitative estimate of drug-likeness (QED) is 0.746. The van der Waals surface area contributed by atoms with Gasteiger partial charge in [-0.1, -0.05) is 19.3 Å². The van der Waals surface area contributed by atoms with Crippen LogP contribution in [0.15, 0.2) is 0 Å². The Morgan fingerprint density at radius 1 is 0.929 bits per heavy atom. The van der Waals surface area contributed by atoms with E-state index >= 15 is 0 Å². The molecule has 1 heterocycles. The van der Waals surface area contributed by atoms with Crippen LogP contribution in [-0.2, 0) is 4.74 Å². The third kappa shape index (κ3) is 3.25. The molecule has 1 saturated carbocycles. The van der Waals surface area contributed by atoms with E-state index in [0.29, 0.717) is 0 Å². The number of rotatable bonds is 4. The fraction of sp³-hybridized carbons (Fsp3) is 1.00. The van der Waals surface area contributed by atoms with Gasteiger partial charge in [0.05, 0.1) is 6.61 Å². The molecule has 0 bridgehead atoms. The second kappa shape index (κ2) is 5.72. The van der Waals surface area contributed by atoms with E-state index in [2.05, 4.69) is 5.32 Å². The van der Waals surface area contributed by atoms with Crippen molar-refractivity contribution in [1.29, 1.82) is 0 Å². The molecule has 2 nitrogen and oxygen atoms in total. The molecule has 2 fully saturated rings. The predicted molar refractivity (Wildman–Crippen MR) is 58.4 cm³/mol. The molecule has 0 amide bonds. The number of hydrogen-bond donors (Lipinski definition) is 1. The summed E-state index contributed by atoms with van der Waals surface area (Å²) in [5.41, 5.74) is 0. The van der Waals surface area contributed by atoms with Crippen LogP contribution < -0.4 is 5.32 Å². The van der Waals surface area contributed by atoms with E-state index in [0.717, 1.165) is 25.0 Å². The molecule has 14 heavy (non-hydrogen) atoms. The van der Waals surface area contributed by atoms with Crippen LogP contribution in [0.3, 0.4) is 0 Å². The van der Waals surface area contributed by atoms with Crippen LogP contribution in [0.25, 0.3) is 0 Å². The molecule has 0 radical (unpaired) electrons. The number of hydrogen-bond acceptors (Lipinski definition) is 2. The maximum absolute atomic E-state index is 5.82. The number of nitrogens with one attached hydrogen (secondary N) is 1. The van der Waals surface area contributed by atoms with Gasteiger partial charge in [0.25, 0.3) is 0 Å². The molecular weight excluding hydrogens is 174 g/mol. The second-order valence-electron chi connectivity index (χ2n) is 4.90. The van der Waals surface area contributed by atoms with Crippen molar-refractivity contribution >= 4 is 0 Å². The van der Waals surface area contributed by atoms with E-state index in [1.54, 1.807) is 0 Å². The van der Waals surface area contributed by atoms with Gasteiger partial charge in [-0.2, -0.15) is 0 Å². The van der Waals surface area contributed by atoms with Crippen LogP contribution in [0.2, 0.25) is 0 Å². The molecule has 0 aromatic heterocycles. The first-order valence-electron chi connectivity index (χ1n) is 6.23. The van der Waals surface area contributed by atoms with Gasteiger partial charge in [-0.15, -0.1) is 0 Å². The molecule has 0 spiro atoms. The SMILES string of the molecule is C1CCC(COCC2CCNC2)CC1. The Balaban J connectivity index is 1.52. The summed E-state index contributed by atoms with van der Waals surface area (Å²) in [6, 6.07) is 0. The van der Waals surface area contributed by atoms with Crippen molar-refractivity contribution in [2.45, 2.75) is 38.5 Å². The molecule has 1 aliphatic carbocycles. The van der Waals surface area contributed by atoms with Gasteiger partial charge in [0, 0.05) is 13.2 Å². The van der Waals surface area contributed by atoms with Crippen molar-refractivity contribution in [3.05, 3.63) is 0 Å². The Morgan fingerprint density at radius 2 is 1.71 bits per heavy atom. The fourth-order valence-corrected chi connectivity index (χ4v) is 2.61. The minimum Gasteiger partial charge on any atom is -0.381 e. The topological polar surface area (TPSA) is 21.3 Å². The van der Waals surface area contributed by atoms with Crippen LogP contribution >= 0.6 is 0 Å². The van der Waals surface area contributed by atoms with Gasteiger partial charge in [0.15, 0.2) is 0 Å². The highest BCUT2D eigenvalue weighted by atomic mass is 16.5. The Bertz CT molecular complexity index is 148. The summed E-state index contributed by atoms with van der Waals surface area (Å²) >= 11 is 0. The minimum atomic E-state index is 0.790. The van der Waals surface area contributed by atoms with E-state index in [1.165, 1.54) is 51.6 Å². The lowest BCUT2D eigenvalue weighted by Crippen LogP contribution is -2.18. The summed E-state index contributed by atoms with van der Waals surface area (Å²) in [6.07, 6.45) is 8.43. The minimum absolute atomic E-state index is 0.790. The largest absolute Gasteiger partial charge is 0.381 e. The van der Waals surface area contributed by atoms with Gasteiger partial charge < -0.3 is 10.1 Å². The maximum Gasteiger partial charge on any atom is 0.0507 e. The molecule has 82 valence electrons. The van der Waals surface area contributed by atoms with Crippen molar-refractivity contribution in [2.24, 2.45) is 11.8 Å². The zero-order valence-electron chi connectivity index (χ0n) is 9.13. The van der Waals surface area contributed by atoms with Crippen molar-refractivity contribution in [1.82, 2.24) is 5.32 Å². The Morgan fingerprint density at radius 3 is 2.43 bits per heavy atom. The van der Waals surface area contributed by atoms with Crippen molar-refractivity contribution in [3.63, 3.8) is 0 Å². The smallest absolute Gasteiger partial charge is 0.0507 e. The molecule has 1 aliphatic heterocycles. The van der Waals surface area contributed by atoms with Crippen LogP contribution in [-0.4, -0.2) is 26.3 Å². The first-order chi connectivity index (χ1) is 6.95. The van der Waals surface area contributed by atoms with Gasteiger partial charge in [-0.25, -0.2) is 0 Å². The zero-order valence-corrected chi connectivity index (χ0v) is 9.13. The van der Waals surface area contributed by atoms with Gasteiger partial charge in [-0.3, -0.25) is 0 Å². The molecule has 0 aromatic rings. The summed E-state index contributed by atoms with van der Waals surface area (Å²) in [6.45, 7) is 4.38. The van der Waals surface area contributed by atoms with E-state index in [9.17, 15) is 0 Å². The van der Waals surface area contributed by atoms with Gasteiger partial charge in [0.1, 0.15) is 0 Å². The number of ether oxygens (including phenoxy) is 1. The maximum atomic E-state index is 5.82. The lowest BCUT2D eigenvalue weighted by atomic mass is 9.90. The van der Waals surface area contributed by atoms with E-state index in [4.69, 9.17) is 4.74 Å². The van der Waals surface area contributed by atoms with Crippen LogP contribution in [0.1, 0.15) is 38.5 Å². The molecule has 1 N–H and O–H groups in total. The summed E-state index contributed by atoms with van der Waals surface area (Å²) < 4.78 is 5.82. The van der Waals surface area contributed by atoms with Crippen molar-refractivity contribution in [3.8, 4) is 0 Å². The average molecular weight is 197 g/mol. The average Bonchev–Trinajstić information content (AvgIpc) is 2.72. The second-order valence-corrected chi connectivity index (χ2v) is 4.90. The molecular formula is C12H23NO. The summed E-state index contributed by atoms with van der Waals surface area (Å²) in [4.78, 5) is 0. The standard InChI is InChI=1S/C12H23NO/c1-2-4-11(5-3-1)9-14-10-12-6-7-13-8-12/h11-13H,1-10H2. The predicted octanol–water partition coefficient (Wildman–Crippen LogP) is 2.19. The van der Waals surface area contributed by atoms with E-state index in [1.807, 2.05) is 0 Å². The highest BCUT2D eigenvalue weighted by Crippen LogP contribution is 2.23. The lowest BCUT2D eigenvalue weighted by Gasteiger charge is -2.22. The van der Waals surface area contributed by atoms with Crippen molar-refractivity contribution in [2.75, 3.05) is 26.3 Å². The molecule has 0 aromatic carbocycles. The van der Waals surface area contributed by atoms with Crippen LogP contribution in [0.4, 0.5) is 0 Å². The van der Waals surface area contributed by atoms with Crippen molar-refractivity contribution < 1.29 is 4.74 Å². The van der Waals surface area contributed by atoms with Crippen LogP contribution in [0.5, 0.6) is 0 Å². The van der Waals surface area contributed by atoms with Gasteiger partial charge >= 0.3 is 0 Å². The molecule has 1 atom stereocenters. The zero-order chi connectivity index (χ0) is 9.64. The van der Waals surface area contributed by atoms with Crippen LogP contribution in [0, 0.1) is 11.8 Å². The van der Waals surface area contributed by atoms with E-state index < -0.39 is 0 Å². The van der Waals surface area contributed by atoms with Gasteiger partial charge in [0.2, 0.25) is 0 Å². The monoisotopic (exact) mass is 197 g/mol. The molecule has 2 rings (SSSR count). The van der Waals surface area contributed by atoms with Gasteiger partial charge in [-0.05, 0) is 37.6 Å². The molecule has 1 unspecified atom stereocenters. The first-order valence-corrected chi connectivity index (χ1v) is 6.23. The fourth-order valence-electron chi connectivity index (χ4n) is 2.61. The highest BCUT2D eigenvalue weighted by Gasteiger charge is 2.17. The molecule has 2 heteroatoms. The van der Waals surface area contributed by atoms with E-state index in [-0.39, 0.29) is 0 Å². The Hall–Kier alpha value is -0.0800. The highest BCUT2D eigenvalue weighted by molar-refractivity contribution is 4.71. The Labute approximate surface area is 87.4 Å². The first kappa shape index (κ1) is 10.4. The normalized spacial score (nSPS) is 29.6. The molecule has 2 aliphatic rings. The summed E-state index contributed by atoms with van der Waals surface area (Å²) in [5, 5.41) is 3.38. The third-order valence-corrected chi connectivity index (χ3v) is 3.59.